The average molecular weight is 366 g/mol. The third-order valence-corrected chi connectivity index (χ3v) is 5.48. The van der Waals surface area contributed by atoms with Crippen molar-refractivity contribution < 1.29 is 14.3 Å². The molecule has 2 aliphatic heterocycles. The number of para-hydroxylation sites is 1. The van der Waals surface area contributed by atoms with Crippen LogP contribution in [0.25, 0.3) is 0 Å². The van der Waals surface area contributed by atoms with Gasteiger partial charge in [0.15, 0.2) is 0 Å². The van der Waals surface area contributed by atoms with Crippen LogP contribution in [0.3, 0.4) is 0 Å². The quantitative estimate of drug-likeness (QED) is 0.834. The molecular formula is C22H26N2O3. The summed E-state index contributed by atoms with van der Waals surface area (Å²) in [6, 6.07) is 16.2. The van der Waals surface area contributed by atoms with E-state index in [2.05, 4.69) is 23.1 Å². The Morgan fingerprint density at radius 1 is 1.07 bits per heavy atom. The predicted octanol–water partition coefficient (Wildman–Crippen LogP) is 2.59. The van der Waals surface area contributed by atoms with Crippen molar-refractivity contribution >= 4 is 5.91 Å². The molecule has 1 unspecified atom stereocenters. The standard InChI is InChI=1S/C22H26N2O3/c1-26-20-8-6-17(7-9-20)15-23-10-12-24(13-11-23)22(25)19-14-18-4-2-3-5-21(18)27-16-19/h2-9,19H,10-16H2,1H3. The van der Waals surface area contributed by atoms with Gasteiger partial charge in [-0.15, -0.1) is 0 Å². The number of amides is 1. The van der Waals surface area contributed by atoms with E-state index >= 15 is 0 Å². The summed E-state index contributed by atoms with van der Waals surface area (Å²) >= 11 is 0. The van der Waals surface area contributed by atoms with E-state index in [9.17, 15) is 4.79 Å². The van der Waals surface area contributed by atoms with Crippen molar-refractivity contribution in [2.24, 2.45) is 5.92 Å². The molecule has 2 aromatic carbocycles. The molecule has 0 aromatic heterocycles. The Morgan fingerprint density at radius 2 is 1.81 bits per heavy atom. The summed E-state index contributed by atoms with van der Waals surface area (Å²) in [5, 5.41) is 0. The predicted molar refractivity (Wildman–Crippen MR) is 104 cm³/mol. The molecule has 1 fully saturated rings. The highest BCUT2D eigenvalue weighted by atomic mass is 16.5. The first-order valence-corrected chi connectivity index (χ1v) is 9.58. The zero-order chi connectivity index (χ0) is 18.6. The van der Waals surface area contributed by atoms with Crippen LogP contribution in [0.5, 0.6) is 11.5 Å². The highest BCUT2D eigenvalue weighted by molar-refractivity contribution is 5.80. The van der Waals surface area contributed by atoms with Crippen molar-refractivity contribution in [1.82, 2.24) is 9.80 Å². The summed E-state index contributed by atoms with van der Waals surface area (Å²) < 4.78 is 11.0. The van der Waals surface area contributed by atoms with Gasteiger partial charge in [0.25, 0.3) is 0 Å². The fourth-order valence-electron chi connectivity index (χ4n) is 3.86. The highest BCUT2D eigenvalue weighted by Crippen LogP contribution is 2.28. The molecule has 0 radical (unpaired) electrons. The largest absolute Gasteiger partial charge is 0.497 e. The molecule has 2 heterocycles. The molecule has 0 N–H and O–H groups in total. The van der Waals surface area contributed by atoms with Crippen LogP contribution in [-0.4, -0.2) is 55.6 Å². The van der Waals surface area contributed by atoms with Gasteiger partial charge in [-0.25, -0.2) is 0 Å². The summed E-state index contributed by atoms with van der Waals surface area (Å²) in [4.78, 5) is 17.3. The van der Waals surface area contributed by atoms with Gasteiger partial charge in [-0.2, -0.15) is 0 Å². The van der Waals surface area contributed by atoms with Crippen molar-refractivity contribution in [2.75, 3.05) is 39.9 Å². The van der Waals surface area contributed by atoms with E-state index in [1.54, 1.807) is 7.11 Å². The van der Waals surface area contributed by atoms with Crippen LogP contribution < -0.4 is 9.47 Å². The summed E-state index contributed by atoms with van der Waals surface area (Å²) in [6.07, 6.45) is 0.779. The molecule has 1 saturated heterocycles. The Balaban J connectivity index is 1.29. The molecule has 0 spiro atoms. The minimum atomic E-state index is -0.0620. The molecule has 27 heavy (non-hydrogen) atoms. The van der Waals surface area contributed by atoms with Crippen molar-refractivity contribution in [3.05, 3.63) is 59.7 Å². The number of methoxy groups -OCH3 is 1. The number of rotatable bonds is 4. The molecule has 1 amide bonds. The third-order valence-electron chi connectivity index (χ3n) is 5.48. The van der Waals surface area contributed by atoms with Crippen LogP contribution in [0, 0.1) is 5.92 Å². The summed E-state index contributed by atoms with van der Waals surface area (Å²) in [5.41, 5.74) is 2.41. The molecule has 4 rings (SSSR count). The number of hydrogen-bond acceptors (Lipinski definition) is 4. The fourth-order valence-corrected chi connectivity index (χ4v) is 3.86. The highest BCUT2D eigenvalue weighted by Gasteiger charge is 2.31. The van der Waals surface area contributed by atoms with E-state index in [-0.39, 0.29) is 11.8 Å². The fraction of sp³-hybridized carbons (Fsp3) is 0.409. The lowest BCUT2D eigenvalue weighted by molar-refractivity contribution is -0.138. The number of ether oxygens (including phenoxy) is 2. The normalized spacial score (nSPS) is 19.9. The minimum Gasteiger partial charge on any atom is -0.497 e. The summed E-state index contributed by atoms with van der Waals surface area (Å²) in [5.74, 6) is 1.97. The second-order valence-corrected chi connectivity index (χ2v) is 7.27. The second-order valence-electron chi connectivity index (χ2n) is 7.27. The van der Waals surface area contributed by atoms with Crippen LogP contribution in [0.4, 0.5) is 0 Å². The van der Waals surface area contributed by atoms with E-state index in [0.717, 1.165) is 56.2 Å². The van der Waals surface area contributed by atoms with Gasteiger partial charge in [-0.05, 0) is 35.7 Å². The Morgan fingerprint density at radius 3 is 2.56 bits per heavy atom. The van der Waals surface area contributed by atoms with Crippen LogP contribution in [0.2, 0.25) is 0 Å². The van der Waals surface area contributed by atoms with E-state index in [1.165, 1.54) is 5.56 Å². The van der Waals surface area contributed by atoms with Crippen molar-refractivity contribution in [3.63, 3.8) is 0 Å². The zero-order valence-corrected chi connectivity index (χ0v) is 15.8. The first-order valence-electron chi connectivity index (χ1n) is 9.58. The van der Waals surface area contributed by atoms with Gasteiger partial charge in [0.1, 0.15) is 18.1 Å². The van der Waals surface area contributed by atoms with Gasteiger partial charge >= 0.3 is 0 Å². The van der Waals surface area contributed by atoms with Gasteiger partial charge in [0.2, 0.25) is 5.91 Å². The first-order chi connectivity index (χ1) is 13.2. The Bertz CT molecular complexity index is 782. The maximum absolute atomic E-state index is 12.9. The van der Waals surface area contributed by atoms with E-state index in [0.29, 0.717) is 6.61 Å². The summed E-state index contributed by atoms with van der Waals surface area (Å²) in [6.45, 7) is 4.78. The lowest BCUT2D eigenvalue weighted by atomic mass is 9.95. The molecule has 2 aromatic rings. The number of carbonyl (C=O) groups is 1. The number of carbonyl (C=O) groups excluding carboxylic acids is 1. The first kappa shape index (κ1) is 17.9. The molecular weight excluding hydrogens is 340 g/mol. The van der Waals surface area contributed by atoms with Crippen molar-refractivity contribution in [3.8, 4) is 11.5 Å². The smallest absolute Gasteiger partial charge is 0.229 e. The maximum Gasteiger partial charge on any atom is 0.229 e. The Hall–Kier alpha value is -2.53. The van der Waals surface area contributed by atoms with E-state index in [1.807, 2.05) is 35.2 Å². The number of benzene rings is 2. The van der Waals surface area contributed by atoms with Gasteiger partial charge in [0.05, 0.1) is 13.0 Å². The number of nitrogens with zero attached hydrogens (tertiary/aromatic N) is 2. The average Bonchev–Trinajstić information content (AvgIpc) is 2.74. The Kier molecular flexibility index (Phi) is 5.30. The maximum atomic E-state index is 12.9. The molecule has 142 valence electrons. The molecule has 5 nitrogen and oxygen atoms in total. The molecule has 2 aliphatic rings. The second kappa shape index (κ2) is 8.01. The number of fused-ring (bicyclic) bond motifs is 1. The molecule has 5 heteroatoms. The Labute approximate surface area is 160 Å². The number of piperazine rings is 1. The van der Waals surface area contributed by atoms with Crippen LogP contribution in [0.1, 0.15) is 11.1 Å². The molecule has 1 atom stereocenters. The molecule has 0 saturated carbocycles. The lowest BCUT2D eigenvalue weighted by Gasteiger charge is -2.37. The van der Waals surface area contributed by atoms with Crippen LogP contribution in [-0.2, 0) is 17.8 Å². The SMILES string of the molecule is COc1ccc(CN2CCN(C(=O)C3COc4ccccc4C3)CC2)cc1. The third kappa shape index (κ3) is 4.08. The van der Waals surface area contributed by atoms with Gasteiger partial charge in [0, 0.05) is 32.7 Å². The monoisotopic (exact) mass is 366 g/mol. The van der Waals surface area contributed by atoms with Gasteiger partial charge in [-0.3, -0.25) is 9.69 Å². The molecule has 0 aliphatic carbocycles. The topological polar surface area (TPSA) is 42.0 Å². The minimum absolute atomic E-state index is 0.0620. The van der Waals surface area contributed by atoms with E-state index < -0.39 is 0 Å². The zero-order valence-electron chi connectivity index (χ0n) is 15.8. The van der Waals surface area contributed by atoms with Crippen molar-refractivity contribution in [1.29, 1.82) is 0 Å². The van der Waals surface area contributed by atoms with Crippen molar-refractivity contribution in [2.45, 2.75) is 13.0 Å². The summed E-state index contributed by atoms with van der Waals surface area (Å²) in [7, 11) is 1.68. The van der Waals surface area contributed by atoms with Crippen LogP contribution in [0.15, 0.2) is 48.5 Å². The molecule has 0 bridgehead atoms. The van der Waals surface area contributed by atoms with E-state index in [4.69, 9.17) is 9.47 Å². The van der Waals surface area contributed by atoms with Gasteiger partial charge < -0.3 is 14.4 Å². The lowest BCUT2D eigenvalue weighted by Crippen LogP contribution is -2.51. The van der Waals surface area contributed by atoms with Gasteiger partial charge in [-0.1, -0.05) is 30.3 Å². The number of hydrogen-bond donors (Lipinski definition) is 0. The van der Waals surface area contributed by atoms with Crippen LogP contribution >= 0.6 is 0 Å².